The predicted molar refractivity (Wildman–Crippen MR) is 70.7 cm³/mol. The fourth-order valence-corrected chi connectivity index (χ4v) is 2.87. The Morgan fingerprint density at radius 3 is 2.78 bits per heavy atom. The molecule has 0 radical (unpaired) electrons. The molecule has 2 aliphatic rings. The molecule has 2 aliphatic heterocycles. The monoisotopic (exact) mass is 257 g/mol. The molecule has 18 heavy (non-hydrogen) atoms. The van der Waals surface area contributed by atoms with Crippen molar-refractivity contribution in [3.63, 3.8) is 0 Å². The molecule has 0 amide bonds. The van der Waals surface area contributed by atoms with Gasteiger partial charge in [0, 0.05) is 32.2 Å². The molecule has 4 unspecified atom stereocenters. The van der Waals surface area contributed by atoms with Crippen molar-refractivity contribution < 1.29 is 14.6 Å². The highest BCUT2D eigenvalue weighted by atomic mass is 16.5. The van der Waals surface area contributed by atoms with E-state index in [2.05, 4.69) is 19.2 Å². The van der Waals surface area contributed by atoms with Gasteiger partial charge in [0.05, 0.1) is 11.7 Å². The Balaban J connectivity index is 1.83. The zero-order chi connectivity index (χ0) is 13.2. The molecule has 4 heteroatoms. The number of ether oxygens (including phenoxy) is 2. The second kappa shape index (κ2) is 5.45. The van der Waals surface area contributed by atoms with E-state index in [0.717, 1.165) is 32.3 Å². The average Bonchev–Trinajstić information content (AvgIpc) is 2.68. The Hall–Kier alpha value is -0.160. The van der Waals surface area contributed by atoms with E-state index in [1.54, 1.807) is 0 Å². The first kappa shape index (κ1) is 14.3. The average molecular weight is 257 g/mol. The summed E-state index contributed by atoms with van der Waals surface area (Å²) in [5.41, 5.74) is -0.697. The van der Waals surface area contributed by atoms with Gasteiger partial charge in [0.25, 0.3) is 0 Å². The van der Waals surface area contributed by atoms with Crippen LogP contribution < -0.4 is 5.32 Å². The number of aliphatic hydroxyl groups is 1. The van der Waals surface area contributed by atoms with Gasteiger partial charge in [-0.2, -0.15) is 0 Å². The number of hydrogen-bond acceptors (Lipinski definition) is 4. The van der Waals surface area contributed by atoms with Crippen LogP contribution in [0, 0.1) is 0 Å². The van der Waals surface area contributed by atoms with Crippen molar-refractivity contribution in [2.75, 3.05) is 19.8 Å². The maximum Gasteiger partial charge on any atom is 0.105 e. The van der Waals surface area contributed by atoms with Crippen LogP contribution in [0.4, 0.5) is 0 Å². The van der Waals surface area contributed by atoms with Crippen LogP contribution in [0.2, 0.25) is 0 Å². The summed E-state index contributed by atoms with van der Waals surface area (Å²) in [6, 6.07) is 0.445. The Morgan fingerprint density at radius 2 is 2.17 bits per heavy atom. The first-order valence-electron chi connectivity index (χ1n) is 7.19. The summed E-state index contributed by atoms with van der Waals surface area (Å²) in [5, 5.41) is 14.0. The minimum Gasteiger partial charge on any atom is -0.386 e. The van der Waals surface area contributed by atoms with E-state index in [0.29, 0.717) is 19.2 Å². The molecule has 0 saturated carbocycles. The van der Waals surface area contributed by atoms with Crippen LogP contribution in [0.1, 0.15) is 46.5 Å². The lowest BCUT2D eigenvalue weighted by Gasteiger charge is -2.39. The smallest absolute Gasteiger partial charge is 0.105 e. The van der Waals surface area contributed by atoms with E-state index < -0.39 is 5.60 Å². The summed E-state index contributed by atoms with van der Waals surface area (Å²) in [6.07, 6.45) is 3.75. The molecule has 0 aromatic rings. The third-order valence-corrected chi connectivity index (χ3v) is 4.70. The molecule has 106 valence electrons. The van der Waals surface area contributed by atoms with E-state index in [9.17, 15) is 5.11 Å². The highest BCUT2D eigenvalue weighted by Gasteiger charge is 2.40. The van der Waals surface area contributed by atoms with Crippen LogP contribution in [0.25, 0.3) is 0 Å². The van der Waals surface area contributed by atoms with Crippen molar-refractivity contribution in [1.82, 2.24) is 5.32 Å². The van der Waals surface area contributed by atoms with Gasteiger partial charge >= 0.3 is 0 Å². The van der Waals surface area contributed by atoms with Crippen LogP contribution in [-0.4, -0.2) is 48.2 Å². The highest BCUT2D eigenvalue weighted by molar-refractivity contribution is 4.94. The first-order chi connectivity index (χ1) is 8.47. The normalized spacial score (nSPS) is 45.3. The van der Waals surface area contributed by atoms with Gasteiger partial charge in [0.15, 0.2) is 0 Å². The number of nitrogens with one attached hydrogen (secondary N) is 1. The van der Waals surface area contributed by atoms with Crippen LogP contribution in [0.15, 0.2) is 0 Å². The summed E-state index contributed by atoms with van der Waals surface area (Å²) in [5.74, 6) is 0. The Morgan fingerprint density at radius 1 is 1.39 bits per heavy atom. The lowest BCUT2D eigenvalue weighted by atomic mass is 9.89. The Bertz CT molecular complexity index is 286. The predicted octanol–water partition coefficient (Wildman–Crippen LogP) is 1.46. The van der Waals surface area contributed by atoms with E-state index in [1.165, 1.54) is 0 Å². The minimum atomic E-state index is -0.694. The van der Waals surface area contributed by atoms with Crippen molar-refractivity contribution in [1.29, 1.82) is 0 Å². The largest absolute Gasteiger partial charge is 0.386 e. The summed E-state index contributed by atoms with van der Waals surface area (Å²) in [4.78, 5) is 0. The van der Waals surface area contributed by atoms with Gasteiger partial charge in [-0.05, 0) is 33.1 Å². The van der Waals surface area contributed by atoms with Crippen LogP contribution in [0.3, 0.4) is 0 Å². The topological polar surface area (TPSA) is 50.7 Å². The molecule has 0 spiro atoms. The summed E-state index contributed by atoms with van der Waals surface area (Å²) in [6.45, 7) is 8.40. The van der Waals surface area contributed by atoms with E-state index in [1.807, 2.05) is 6.92 Å². The molecule has 4 nitrogen and oxygen atoms in total. The van der Waals surface area contributed by atoms with Crippen molar-refractivity contribution in [3.8, 4) is 0 Å². The molecular formula is C14H27NO3. The minimum absolute atomic E-state index is 0.00364. The van der Waals surface area contributed by atoms with Crippen LogP contribution in [-0.2, 0) is 9.47 Å². The van der Waals surface area contributed by atoms with Crippen molar-refractivity contribution in [2.45, 2.75) is 69.8 Å². The third kappa shape index (κ3) is 3.05. The Kier molecular flexibility index (Phi) is 4.32. The molecule has 2 heterocycles. The first-order valence-corrected chi connectivity index (χ1v) is 7.19. The zero-order valence-corrected chi connectivity index (χ0v) is 11.9. The van der Waals surface area contributed by atoms with Crippen LogP contribution in [0.5, 0.6) is 0 Å². The van der Waals surface area contributed by atoms with E-state index in [4.69, 9.17) is 9.47 Å². The molecule has 2 fully saturated rings. The van der Waals surface area contributed by atoms with Gasteiger partial charge in [0.1, 0.15) is 5.60 Å². The van der Waals surface area contributed by atoms with E-state index >= 15 is 0 Å². The zero-order valence-electron chi connectivity index (χ0n) is 11.9. The fraction of sp³-hybridized carbons (Fsp3) is 1.00. The summed E-state index contributed by atoms with van der Waals surface area (Å²) < 4.78 is 11.3. The molecular weight excluding hydrogens is 230 g/mol. The lowest BCUT2D eigenvalue weighted by molar-refractivity contribution is -0.0829. The maximum atomic E-state index is 10.5. The molecule has 2 N–H and O–H groups in total. The standard InChI is InChI=1S/C14H27NO3/c1-4-13(3)9-12(5-7-18-13)15-10-14(16)6-8-17-11(14)2/h11-12,15-16H,4-10H2,1-3H3. The molecule has 4 atom stereocenters. The van der Waals surface area contributed by atoms with Gasteiger partial charge in [0.2, 0.25) is 0 Å². The Labute approximate surface area is 110 Å². The van der Waals surface area contributed by atoms with Gasteiger partial charge in [-0.15, -0.1) is 0 Å². The quantitative estimate of drug-likeness (QED) is 0.800. The second-order valence-corrected chi connectivity index (χ2v) is 6.09. The number of hydrogen-bond donors (Lipinski definition) is 2. The van der Waals surface area contributed by atoms with Crippen LogP contribution >= 0.6 is 0 Å². The summed E-state index contributed by atoms with van der Waals surface area (Å²) >= 11 is 0. The van der Waals surface area contributed by atoms with Crippen molar-refractivity contribution >= 4 is 0 Å². The van der Waals surface area contributed by atoms with Gasteiger partial charge in [-0.3, -0.25) is 0 Å². The lowest BCUT2D eigenvalue weighted by Crippen LogP contribution is -2.52. The fourth-order valence-electron chi connectivity index (χ4n) is 2.87. The van der Waals surface area contributed by atoms with Crippen molar-refractivity contribution in [3.05, 3.63) is 0 Å². The third-order valence-electron chi connectivity index (χ3n) is 4.70. The molecule has 0 aromatic heterocycles. The molecule has 2 rings (SSSR count). The molecule has 0 aromatic carbocycles. The molecule has 0 bridgehead atoms. The molecule has 0 aliphatic carbocycles. The van der Waals surface area contributed by atoms with E-state index in [-0.39, 0.29) is 11.7 Å². The van der Waals surface area contributed by atoms with Gasteiger partial charge < -0.3 is 19.9 Å². The summed E-state index contributed by atoms with van der Waals surface area (Å²) in [7, 11) is 0. The molecule has 2 saturated heterocycles. The second-order valence-electron chi connectivity index (χ2n) is 6.09. The number of rotatable bonds is 4. The SMILES string of the molecule is CCC1(C)CC(NCC2(O)CCOC2C)CCO1. The highest BCUT2D eigenvalue weighted by Crippen LogP contribution is 2.29. The van der Waals surface area contributed by atoms with Gasteiger partial charge in [-0.1, -0.05) is 6.92 Å². The van der Waals surface area contributed by atoms with Gasteiger partial charge in [-0.25, -0.2) is 0 Å². The maximum absolute atomic E-state index is 10.5. The van der Waals surface area contributed by atoms with Crippen molar-refractivity contribution in [2.24, 2.45) is 0 Å².